The molecule has 3 rings (SSSR count). The van der Waals surface area contributed by atoms with Gasteiger partial charge >= 0.3 is 0 Å². The van der Waals surface area contributed by atoms with Crippen LogP contribution in [-0.2, 0) is 0 Å². The van der Waals surface area contributed by atoms with Crippen molar-refractivity contribution in [2.45, 2.75) is 6.92 Å². The van der Waals surface area contributed by atoms with Crippen molar-refractivity contribution < 1.29 is 18.6 Å². The summed E-state index contributed by atoms with van der Waals surface area (Å²) in [4.78, 5) is 8.04. The second kappa shape index (κ2) is 6.83. The molecule has 2 aromatic heterocycles. The second-order valence-electron chi connectivity index (χ2n) is 5.58. The van der Waals surface area contributed by atoms with Crippen LogP contribution >= 0.6 is 0 Å². The molecule has 136 valence electrons. The van der Waals surface area contributed by atoms with Gasteiger partial charge in [-0.2, -0.15) is 9.97 Å². The van der Waals surface area contributed by atoms with Crippen molar-refractivity contribution in [3.63, 3.8) is 0 Å². The van der Waals surface area contributed by atoms with E-state index in [1.807, 2.05) is 25.1 Å². The maximum absolute atomic E-state index is 5.97. The van der Waals surface area contributed by atoms with Crippen LogP contribution in [-0.4, -0.2) is 31.3 Å². The van der Waals surface area contributed by atoms with E-state index in [-0.39, 0.29) is 11.8 Å². The third-order valence-electron chi connectivity index (χ3n) is 4.00. The molecule has 0 fully saturated rings. The number of methoxy groups -OCH3 is 3. The summed E-state index contributed by atoms with van der Waals surface area (Å²) in [5.74, 6) is 2.02. The number of aromatic nitrogens is 2. The van der Waals surface area contributed by atoms with Crippen LogP contribution in [0.3, 0.4) is 0 Å². The summed E-state index contributed by atoms with van der Waals surface area (Å²) in [5, 5.41) is 0.617. The first-order valence-electron chi connectivity index (χ1n) is 7.77. The maximum Gasteiger partial charge on any atom is 0.233 e. The molecule has 8 nitrogen and oxygen atoms in total. The number of anilines is 2. The summed E-state index contributed by atoms with van der Waals surface area (Å²) in [5.41, 5.74) is 14.5. The van der Waals surface area contributed by atoms with E-state index in [2.05, 4.69) is 9.97 Å². The highest BCUT2D eigenvalue weighted by molar-refractivity contribution is 5.97. The van der Waals surface area contributed by atoms with E-state index in [0.717, 1.165) is 16.7 Å². The number of ether oxygens (including phenoxy) is 3. The van der Waals surface area contributed by atoms with Crippen molar-refractivity contribution >= 4 is 34.5 Å². The van der Waals surface area contributed by atoms with Crippen molar-refractivity contribution in [2.24, 2.45) is 0 Å². The predicted octanol–water partition coefficient (Wildman–Crippen LogP) is 2.97. The fourth-order valence-electron chi connectivity index (χ4n) is 2.74. The lowest BCUT2D eigenvalue weighted by atomic mass is 10.0. The number of hydrogen-bond acceptors (Lipinski definition) is 8. The minimum absolute atomic E-state index is 0.0706. The number of nitrogens with zero attached hydrogens (tertiary/aromatic N) is 2. The average Bonchev–Trinajstić information content (AvgIpc) is 3.02. The molecule has 8 heteroatoms. The molecule has 2 heterocycles. The first-order valence-corrected chi connectivity index (χ1v) is 7.77. The Balaban J connectivity index is 2.11. The Morgan fingerprint density at radius 2 is 1.69 bits per heavy atom. The molecule has 0 amide bonds. The Hall–Kier alpha value is -3.42. The normalized spacial score (nSPS) is 11.6. The van der Waals surface area contributed by atoms with Gasteiger partial charge < -0.3 is 30.1 Å². The van der Waals surface area contributed by atoms with Gasteiger partial charge in [0.05, 0.1) is 26.7 Å². The standard InChI is InChI=1S/C18H20N4O4/c1-9(10-6-12(23-2)15(25-4)13(7-10)24-3)5-11-8-26-17-14(11)16(19)21-18(20)22-17/h5-8H,1-4H3,(H4,19,20,21,22)/b9-5+. The van der Waals surface area contributed by atoms with Gasteiger partial charge in [-0.1, -0.05) is 0 Å². The van der Waals surface area contributed by atoms with E-state index in [1.165, 1.54) is 0 Å². The van der Waals surface area contributed by atoms with Crippen molar-refractivity contribution in [3.05, 3.63) is 29.5 Å². The molecule has 0 radical (unpaired) electrons. The monoisotopic (exact) mass is 356 g/mol. The summed E-state index contributed by atoms with van der Waals surface area (Å²) in [6, 6.07) is 3.74. The summed E-state index contributed by atoms with van der Waals surface area (Å²) >= 11 is 0. The predicted molar refractivity (Wildman–Crippen MR) is 100 cm³/mol. The third kappa shape index (κ3) is 2.97. The lowest BCUT2D eigenvalue weighted by molar-refractivity contribution is 0.324. The van der Waals surface area contributed by atoms with E-state index >= 15 is 0 Å². The minimum Gasteiger partial charge on any atom is -0.493 e. The van der Waals surface area contributed by atoms with Gasteiger partial charge in [0.15, 0.2) is 11.5 Å². The van der Waals surface area contributed by atoms with Crippen LogP contribution in [0.5, 0.6) is 17.2 Å². The van der Waals surface area contributed by atoms with Gasteiger partial charge in [0, 0.05) is 5.56 Å². The second-order valence-corrected chi connectivity index (χ2v) is 5.58. The fourth-order valence-corrected chi connectivity index (χ4v) is 2.74. The summed E-state index contributed by atoms with van der Waals surface area (Å²) in [7, 11) is 4.72. The first kappa shape index (κ1) is 17.4. The van der Waals surface area contributed by atoms with E-state index in [9.17, 15) is 0 Å². The maximum atomic E-state index is 5.97. The van der Waals surface area contributed by atoms with Crippen LogP contribution in [0.2, 0.25) is 0 Å². The smallest absolute Gasteiger partial charge is 0.233 e. The Bertz CT molecular complexity index is 969. The molecular weight excluding hydrogens is 336 g/mol. The van der Waals surface area contributed by atoms with Crippen LogP contribution in [0.1, 0.15) is 18.1 Å². The molecule has 0 atom stereocenters. The Morgan fingerprint density at radius 1 is 1.04 bits per heavy atom. The molecule has 0 saturated heterocycles. The molecule has 3 aromatic rings. The quantitative estimate of drug-likeness (QED) is 0.716. The Kier molecular flexibility index (Phi) is 4.57. The number of allylic oxidation sites excluding steroid dienone is 1. The molecule has 0 saturated carbocycles. The molecular formula is C18H20N4O4. The van der Waals surface area contributed by atoms with Crippen LogP contribution in [0.25, 0.3) is 22.7 Å². The zero-order chi connectivity index (χ0) is 18.8. The number of rotatable bonds is 5. The topological polar surface area (TPSA) is 119 Å². The van der Waals surface area contributed by atoms with Gasteiger partial charge in [-0.25, -0.2) is 0 Å². The summed E-state index contributed by atoms with van der Waals surface area (Å²) in [6.45, 7) is 1.95. The van der Waals surface area contributed by atoms with Crippen molar-refractivity contribution in [1.29, 1.82) is 0 Å². The van der Waals surface area contributed by atoms with Gasteiger partial charge in [-0.3, -0.25) is 0 Å². The van der Waals surface area contributed by atoms with Gasteiger partial charge in [0.25, 0.3) is 0 Å². The molecule has 0 aliphatic heterocycles. The highest BCUT2D eigenvalue weighted by Crippen LogP contribution is 2.40. The molecule has 26 heavy (non-hydrogen) atoms. The minimum atomic E-state index is 0.0706. The SMILES string of the molecule is COc1cc(/C(C)=C/c2coc3nc(N)nc(N)c23)cc(OC)c1OC. The Labute approximate surface area is 150 Å². The van der Waals surface area contributed by atoms with Gasteiger partial charge in [-0.05, 0) is 36.3 Å². The zero-order valence-corrected chi connectivity index (χ0v) is 15.0. The lowest BCUT2D eigenvalue weighted by Crippen LogP contribution is -1.99. The highest BCUT2D eigenvalue weighted by atomic mass is 16.5. The van der Waals surface area contributed by atoms with E-state index in [0.29, 0.717) is 28.3 Å². The molecule has 0 aliphatic carbocycles. The molecule has 0 unspecified atom stereocenters. The van der Waals surface area contributed by atoms with Crippen molar-refractivity contribution in [2.75, 3.05) is 32.8 Å². The Morgan fingerprint density at radius 3 is 2.27 bits per heavy atom. The number of furan rings is 1. The molecule has 0 aliphatic rings. The molecule has 4 N–H and O–H groups in total. The van der Waals surface area contributed by atoms with Gasteiger partial charge in [-0.15, -0.1) is 0 Å². The van der Waals surface area contributed by atoms with Crippen LogP contribution < -0.4 is 25.7 Å². The molecule has 0 spiro atoms. The number of nitrogens with two attached hydrogens (primary N) is 2. The first-order chi connectivity index (χ1) is 12.5. The van der Waals surface area contributed by atoms with Crippen LogP contribution in [0.15, 0.2) is 22.8 Å². The summed E-state index contributed by atoms with van der Waals surface area (Å²) in [6.07, 6.45) is 3.49. The van der Waals surface area contributed by atoms with Gasteiger partial charge in [0.1, 0.15) is 12.1 Å². The third-order valence-corrected chi connectivity index (χ3v) is 4.00. The summed E-state index contributed by atoms with van der Waals surface area (Å²) < 4.78 is 21.6. The van der Waals surface area contributed by atoms with E-state index in [4.69, 9.17) is 30.1 Å². The van der Waals surface area contributed by atoms with E-state index < -0.39 is 0 Å². The van der Waals surface area contributed by atoms with Crippen LogP contribution in [0, 0.1) is 0 Å². The lowest BCUT2D eigenvalue weighted by Gasteiger charge is -2.14. The number of benzene rings is 1. The highest BCUT2D eigenvalue weighted by Gasteiger charge is 2.15. The fraction of sp³-hybridized carbons (Fsp3) is 0.222. The van der Waals surface area contributed by atoms with Gasteiger partial charge in [0.2, 0.25) is 17.4 Å². The van der Waals surface area contributed by atoms with Crippen LogP contribution in [0.4, 0.5) is 11.8 Å². The largest absolute Gasteiger partial charge is 0.493 e. The number of hydrogen-bond donors (Lipinski definition) is 2. The zero-order valence-electron chi connectivity index (χ0n) is 15.0. The number of nitrogen functional groups attached to an aromatic ring is 2. The molecule has 0 bridgehead atoms. The van der Waals surface area contributed by atoms with Crippen molar-refractivity contribution in [3.8, 4) is 17.2 Å². The van der Waals surface area contributed by atoms with E-state index in [1.54, 1.807) is 27.6 Å². The number of fused-ring (bicyclic) bond motifs is 1. The molecule has 1 aromatic carbocycles. The average molecular weight is 356 g/mol. The van der Waals surface area contributed by atoms with Crippen molar-refractivity contribution in [1.82, 2.24) is 9.97 Å².